The summed E-state index contributed by atoms with van der Waals surface area (Å²) in [4.78, 5) is 21.6. The van der Waals surface area contributed by atoms with E-state index in [2.05, 4.69) is 6.92 Å². The molecule has 1 atom stereocenters. The molecule has 0 aromatic heterocycles. The molecule has 0 saturated carbocycles. The van der Waals surface area contributed by atoms with Crippen LogP contribution >= 0.6 is 0 Å². The van der Waals surface area contributed by atoms with Crippen molar-refractivity contribution in [1.82, 2.24) is 0 Å². The molecule has 0 aliphatic rings. The Bertz CT molecular complexity index is 390. The Morgan fingerprint density at radius 2 is 1.19 bits per heavy atom. The van der Waals surface area contributed by atoms with Crippen LogP contribution in [0.15, 0.2) is 12.2 Å². The summed E-state index contributed by atoms with van der Waals surface area (Å²) in [7, 11) is 0. The van der Waals surface area contributed by atoms with Gasteiger partial charge in [-0.3, -0.25) is 9.59 Å². The first-order valence-corrected chi connectivity index (χ1v) is 11.2. The van der Waals surface area contributed by atoms with Gasteiger partial charge in [0.2, 0.25) is 0 Å². The van der Waals surface area contributed by atoms with Crippen molar-refractivity contribution in [1.29, 1.82) is 0 Å². The number of carboxylic acid groups (broad SMARTS) is 2. The molecular formula is C23H42O4. The number of rotatable bonds is 20. The molecular weight excluding hydrogens is 340 g/mol. The van der Waals surface area contributed by atoms with Gasteiger partial charge in [-0.1, -0.05) is 103 Å². The van der Waals surface area contributed by atoms with Gasteiger partial charge in [0.1, 0.15) is 0 Å². The molecule has 0 spiro atoms. The lowest BCUT2D eigenvalue weighted by atomic mass is 10.0. The van der Waals surface area contributed by atoms with E-state index in [9.17, 15) is 9.59 Å². The highest BCUT2D eigenvalue weighted by atomic mass is 16.4. The molecule has 0 radical (unpaired) electrons. The van der Waals surface area contributed by atoms with Crippen LogP contribution in [0.2, 0.25) is 0 Å². The quantitative estimate of drug-likeness (QED) is 0.176. The molecule has 1 unspecified atom stereocenters. The zero-order valence-electron chi connectivity index (χ0n) is 17.5. The summed E-state index contributed by atoms with van der Waals surface area (Å²) in [6.07, 6.45) is 23.2. The van der Waals surface area contributed by atoms with Crippen molar-refractivity contribution in [2.45, 2.75) is 116 Å². The third-order valence-corrected chi connectivity index (χ3v) is 5.08. The molecule has 0 heterocycles. The van der Waals surface area contributed by atoms with E-state index >= 15 is 0 Å². The van der Waals surface area contributed by atoms with Gasteiger partial charge in [-0.2, -0.15) is 0 Å². The first kappa shape index (κ1) is 25.7. The summed E-state index contributed by atoms with van der Waals surface area (Å²) < 4.78 is 0. The second-order valence-corrected chi connectivity index (χ2v) is 7.69. The molecule has 4 nitrogen and oxygen atoms in total. The average molecular weight is 383 g/mol. The molecule has 0 aliphatic carbocycles. The van der Waals surface area contributed by atoms with E-state index in [1.807, 2.05) is 6.08 Å². The van der Waals surface area contributed by atoms with Gasteiger partial charge in [-0.15, -0.1) is 0 Å². The molecule has 0 amide bonds. The minimum atomic E-state index is -0.943. The lowest BCUT2D eigenvalue weighted by Crippen LogP contribution is -2.12. The van der Waals surface area contributed by atoms with Crippen LogP contribution < -0.4 is 0 Å². The summed E-state index contributed by atoms with van der Waals surface area (Å²) in [6, 6.07) is 0. The molecule has 2 N–H and O–H groups in total. The fourth-order valence-electron chi connectivity index (χ4n) is 3.30. The molecule has 0 aliphatic heterocycles. The van der Waals surface area contributed by atoms with Crippen molar-refractivity contribution in [3.05, 3.63) is 12.2 Å². The Morgan fingerprint density at radius 1 is 0.741 bits per heavy atom. The second kappa shape index (κ2) is 19.4. The van der Waals surface area contributed by atoms with Gasteiger partial charge < -0.3 is 10.2 Å². The fraction of sp³-hybridized carbons (Fsp3) is 0.826. The van der Waals surface area contributed by atoms with E-state index in [1.165, 1.54) is 83.5 Å². The number of allylic oxidation sites excluding steroid dienone is 1. The maximum atomic E-state index is 11.1. The van der Waals surface area contributed by atoms with Gasteiger partial charge in [0.25, 0.3) is 0 Å². The first-order valence-electron chi connectivity index (χ1n) is 11.2. The Labute approximate surface area is 166 Å². The minimum absolute atomic E-state index is 0.0971. The molecule has 0 rings (SSSR count). The first-order chi connectivity index (χ1) is 13.1. The van der Waals surface area contributed by atoms with E-state index in [0.29, 0.717) is 0 Å². The second-order valence-electron chi connectivity index (χ2n) is 7.69. The zero-order valence-corrected chi connectivity index (χ0v) is 17.5. The van der Waals surface area contributed by atoms with Crippen molar-refractivity contribution in [2.75, 3.05) is 0 Å². The summed E-state index contributed by atoms with van der Waals surface area (Å²) in [5.41, 5.74) is 0. The normalized spacial score (nSPS) is 12.5. The van der Waals surface area contributed by atoms with E-state index < -0.39 is 17.9 Å². The van der Waals surface area contributed by atoms with Gasteiger partial charge in [-0.05, 0) is 19.3 Å². The maximum absolute atomic E-state index is 11.1. The van der Waals surface area contributed by atoms with Gasteiger partial charge in [0.05, 0.1) is 5.92 Å². The van der Waals surface area contributed by atoms with Crippen molar-refractivity contribution >= 4 is 11.9 Å². The van der Waals surface area contributed by atoms with E-state index in [-0.39, 0.29) is 12.8 Å². The average Bonchev–Trinajstić information content (AvgIpc) is 2.63. The van der Waals surface area contributed by atoms with Gasteiger partial charge in [0, 0.05) is 6.42 Å². The number of hydrogen-bond donors (Lipinski definition) is 2. The molecule has 0 fully saturated rings. The lowest BCUT2D eigenvalue weighted by molar-refractivity contribution is -0.141. The highest BCUT2D eigenvalue weighted by Crippen LogP contribution is 2.14. The van der Waals surface area contributed by atoms with Crippen LogP contribution in [0, 0.1) is 5.92 Å². The Balaban J connectivity index is 3.40. The number of carboxylic acids is 2. The van der Waals surface area contributed by atoms with Crippen molar-refractivity contribution in [2.24, 2.45) is 5.92 Å². The molecule has 158 valence electrons. The number of aliphatic carboxylic acids is 2. The maximum Gasteiger partial charge on any atom is 0.310 e. The lowest BCUT2D eigenvalue weighted by Gasteiger charge is -2.05. The Morgan fingerprint density at radius 3 is 1.59 bits per heavy atom. The third kappa shape index (κ3) is 19.3. The van der Waals surface area contributed by atoms with Crippen LogP contribution in [0.3, 0.4) is 0 Å². The predicted octanol–water partition coefficient (Wildman–Crippen LogP) is 6.98. The monoisotopic (exact) mass is 382 g/mol. The predicted molar refractivity (Wildman–Crippen MR) is 112 cm³/mol. The summed E-state index contributed by atoms with van der Waals surface area (Å²) in [5.74, 6) is -2.55. The van der Waals surface area contributed by atoms with E-state index in [0.717, 1.165) is 12.8 Å². The van der Waals surface area contributed by atoms with Crippen LogP contribution in [0.5, 0.6) is 0 Å². The summed E-state index contributed by atoms with van der Waals surface area (Å²) >= 11 is 0. The van der Waals surface area contributed by atoms with Crippen LogP contribution in [-0.4, -0.2) is 22.2 Å². The zero-order chi connectivity index (χ0) is 20.2. The van der Waals surface area contributed by atoms with E-state index in [4.69, 9.17) is 10.2 Å². The smallest absolute Gasteiger partial charge is 0.310 e. The highest BCUT2D eigenvalue weighted by molar-refractivity contribution is 5.73. The molecule has 27 heavy (non-hydrogen) atoms. The van der Waals surface area contributed by atoms with Crippen molar-refractivity contribution < 1.29 is 19.8 Å². The van der Waals surface area contributed by atoms with Gasteiger partial charge in [0.15, 0.2) is 0 Å². The van der Waals surface area contributed by atoms with Crippen molar-refractivity contribution in [3.8, 4) is 0 Å². The van der Waals surface area contributed by atoms with Gasteiger partial charge >= 0.3 is 11.9 Å². The molecule has 0 bridgehead atoms. The van der Waals surface area contributed by atoms with Crippen LogP contribution in [-0.2, 0) is 9.59 Å². The standard InChI is InChI=1S/C23H42O4/c1-2-3-4-5-6-7-8-9-10-11-12-13-14-15-16-17-18-21(23(26)27)19-20-22(24)25/h17-18,21H,2-16,19-20H2,1H3,(H,24,25)(H,26,27)/b18-17+. The Hall–Kier alpha value is -1.32. The Kier molecular flexibility index (Phi) is 18.5. The van der Waals surface area contributed by atoms with Crippen LogP contribution in [0.4, 0.5) is 0 Å². The molecule has 4 heteroatoms. The summed E-state index contributed by atoms with van der Waals surface area (Å²) in [6.45, 7) is 2.26. The van der Waals surface area contributed by atoms with Gasteiger partial charge in [-0.25, -0.2) is 0 Å². The van der Waals surface area contributed by atoms with Crippen LogP contribution in [0.25, 0.3) is 0 Å². The van der Waals surface area contributed by atoms with Crippen LogP contribution in [0.1, 0.15) is 116 Å². The largest absolute Gasteiger partial charge is 0.481 e. The third-order valence-electron chi connectivity index (χ3n) is 5.08. The highest BCUT2D eigenvalue weighted by Gasteiger charge is 2.14. The number of carbonyl (C=O) groups is 2. The minimum Gasteiger partial charge on any atom is -0.481 e. The molecule has 0 aromatic carbocycles. The number of unbranched alkanes of at least 4 members (excludes halogenated alkanes) is 14. The molecule has 0 aromatic rings. The SMILES string of the molecule is CCCCCCCCCCCCCCCC/C=C/C(CCC(=O)O)C(=O)O. The van der Waals surface area contributed by atoms with Crippen molar-refractivity contribution in [3.63, 3.8) is 0 Å². The number of hydrogen-bond acceptors (Lipinski definition) is 2. The topological polar surface area (TPSA) is 74.6 Å². The summed E-state index contributed by atoms with van der Waals surface area (Å²) in [5, 5.41) is 17.7. The fourth-order valence-corrected chi connectivity index (χ4v) is 3.30. The molecule has 0 saturated heterocycles. The van der Waals surface area contributed by atoms with E-state index in [1.54, 1.807) is 6.08 Å².